The van der Waals surface area contributed by atoms with Crippen molar-refractivity contribution in [2.45, 2.75) is 12.1 Å². The van der Waals surface area contributed by atoms with Gasteiger partial charge in [0.15, 0.2) is 5.11 Å². The summed E-state index contributed by atoms with van der Waals surface area (Å²) >= 11 is 5.72. The fourth-order valence-electron chi connectivity index (χ4n) is 3.84. The van der Waals surface area contributed by atoms with E-state index in [-0.39, 0.29) is 12.1 Å². The Balaban J connectivity index is 1.83. The van der Waals surface area contributed by atoms with E-state index in [4.69, 9.17) is 17.0 Å². The number of thiocarbonyl (C=S) groups is 1. The van der Waals surface area contributed by atoms with Crippen molar-refractivity contribution in [1.29, 1.82) is 0 Å². The van der Waals surface area contributed by atoms with Gasteiger partial charge in [0, 0.05) is 30.8 Å². The second-order valence-electron chi connectivity index (χ2n) is 7.30. The zero-order chi connectivity index (χ0) is 22.2. The summed E-state index contributed by atoms with van der Waals surface area (Å²) in [4.78, 5) is 6.52. The van der Waals surface area contributed by atoms with E-state index in [0.717, 1.165) is 23.3 Å². The van der Waals surface area contributed by atoms with Gasteiger partial charge in [-0.15, -0.1) is 0 Å². The second kappa shape index (κ2) is 8.20. The first kappa shape index (κ1) is 21.1. The van der Waals surface area contributed by atoms with Crippen molar-refractivity contribution < 1.29 is 13.2 Å². The molecule has 1 aromatic carbocycles. The van der Waals surface area contributed by atoms with E-state index in [9.17, 15) is 8.42 Å². The van der Waals surface area contributed by atoms with Gasteiger partial charge in [0.05, 0.1) is 30.8 Å². The number of nitrogens with one attached hydrogen (secondary N) is 2. The third-order valence-corrected chi connectivity index (χ3v) is 6.05. The second-order valence-corrected chi connectivity index (χ2v) is 9.43. The Morgan fingerprint density at radius 3 is 2.61 bits per heavy atom. The Hall–Kier alpha value is -3.11. The summed E-state index contributed by atoms with van der Waals surface area (Å²) in [6.07, 6.45) is 4.84. The molecular weight excluding hydrogens is 434 g/mol. The molecule has 1 aliphatic heterocycles. The molecule has 0 spiro atoms. The maximum Gasteiger partial charge on any atom is 0.229 e. The molecule has 3 heterocycles. The molecule has 2 aromatic heterocycles. The minimum atomic E-state index is -3.49. The van der Waals surface area contributed by atoms with Gasteiger partial charge in [-0.25, -0.2) is 8.42 Å². The zero-order valence-electron chi connectivity index (χ0n) is 17.3. The molecule has 0 aliphatic carbocycles. The Morgan fingerprint density at radius 2 is 2.00 bits per heavy atom. The quantitative estimate of drug-likeness (QED) is 0.550. The number of hydrogen-bond donors (Lipinski definition) is 2. The lowest BCUT2D eigenvalue weighted by Gasteiger charge is -2.29. The fraction of sp³-hybridized carbons (Fsp3) is 0.238. The molecule has 162 valence electrons. The summed E-state index contributed by atoms with van der Waals surface area (Å²) in [6, 6.07) is 14.7. The minimum Gasteiger partial charge on any atom is -0.495 e. The van der Waals surface area contributed by atoms with E-state index < -0.39 is 10.0 Å². The Bertz CT molecular complexity index is 1210. The molecule has 0 bridgehead atoms. The van der Waals surface area contributed by atoms with Crippen LogP contribution in [-0.2, 0) is 17.1 Å². The molecule has 0 unspecified atom stereocenters. The van der Waals surface area contributed by atoms with E-state index >= 15 is 0 Å². The number of benzene rings is 1. The third kappa shape index (κ3) is 4.21. The van der Waals surface area contributed by atoms with Gasteiger partial charge in [0.25, 0.3) is 0 Å². The molecule has 2 N–H and O–H groups in total. The molecule has 4 rings (SSSR count). The van der Waals surface area contributed by atoms with Crippen LogP contribution in [0.5, 0.6) is 5.75 Å². The molecule has 2 atom stereocenters. The number of methoxy groups -OCH3 is 1. The molecule has 3 aromatic rings. The zero-order valence-corrected chi connectivity index (χ0v) is 18.9. The van der Waals surface area contributed by atoms with Gasteiger partial charge in [-0.05, 0) is 54.7 Å². The summed E-state index contributed by atoms with van der Waals surface area (Å²) < 4.78 is 33.6. The number of rotatable bonds is 6. The third-order valence-electron chi connectivity index (χ3n) is 5.14. The summed E-state index contributed by atoms with van der Waals surface area (Å²) in [5, 5.41) is 3.92. The average molecular weight is 458 g/mol. The smallest absolute Gasteiger partial charge is 0.229 e. The van der Waals surface area contributed by atoms with Gasteiger partial charge in [-0.2, -0.15) is 0 Å². The first-order valence-electron chi connectivity index (χ1n) is 9.56. The number of pyridine rings is 1. The number of anilines is 2. The minimum absolute atomic E-state index is 0.185. The predicted octanol–water partition coefficient (Wildman–Crippen LogP) is 2.98. The molecular formula is C21H23N5O3S2. The van der Waals surface area contributed by atoms with Gasteiger partial charge >= 0.3 is 0 Å². The van der Waals surface area contributed by atoms with Crippen molar-refractivity contribution in [1.82, 2.24) is 14.9 Å². The number of nitrogens with zero attached hydrogens (tertiary/aromatic N) is 3. The van der Waals surface area contributed by atoms with Gasteiger partial charge in [-0.1, -0.05) is 6.07 Å². The van der Waals surface area contributed by atoms with Gasteiger partial charge in [0.2, 0.25) is 10.0 Å². The van der Waals surface area contributed by atoms with Gasteiger partial charge in [0.1, 0.15) is 11.8 Å². The molecule has 0 radical (unpaired) electrons. The van der Waals surface area contributed by atoms with Gasteiger partial charge < -0.3 is 19.5 Å². The van der Waals surface area contributed by atoms with E-state index in [1.54, 1.807) is 18.3 Å². The predicted molar refractivity (Wildman–Crippen MR) is 125 cm³/mol. The molecule has 1 fully saturated rings. The first-order chi connectivity index (χ1) is 14.8. The van der Waals surface area contributed by atoms with Crippen molar-refractivity contribution >= 4 is 38.7 Å². The van der Waals surface area contributed by atoms with Crippen LogP contribution < -0.4 is 19.7 Å². The highest BCUT2D eigenvalue weighted by Crippen LogP contribution is 2.43. The van der Waals surface area contributed by atoms with Crippen LogP contribution in [0.15, 0.2) is 60.9 Å². The van der Waals surface area contributed by atoms with Crippen LogP contribution in [0.25, 0.3) is 0 Å². The van der Waals surface area contributed by atoms with E-state index in [0.29, 0.717) is 16.5 Å². The summed E-state index contributed by atoms with van der Waals surface area (Å²) in [5.41, 5.74) is 2.98. The molecule has 8 nitrogen and oxygen atoms in total. The van der Waals surface area contributed by atoms with Crippen molar-refractivity contribution in [3.05, 3.63) is 72.3 Å². The lowest BCUT2D eigenvalue weighted by atomic mass is 10.0. The fourth-order valence-corrected chi connectivity index (χ4v) is 4.75. The molecule has 1 saturated heterocycles. The summed E-state index contributed by atoms with van der Waals surface area (Å²) in [7, 11) is -0.0163. The van der Waals surface area contributed by atoms with E-state index in [1.807, 2.05) is 59.1 Å². The normalized spacial score (nSPS) is 18.7. The van der Waals surface area contributed by atoms with E-state index in [1.165, 1.54) is 7.11 Å². The molecule has 10 heteroatoms. The average Bonchev–Trinajstić information content (AvgIpc) is 3.29. The van der Waals surface area contributed by atoms with Crippen LogP contribution in [0.4, 0.5) is 11.4 Å². The van der Waals surface area contributed by atoms with Crippen LogP contribution in [0.2, 0.25) is 0 Å². The molecule has 1 aliphatic rings. The molecule has 31 heavy (non-hydrogen) atoms. The highest BCUT2D eigenvalue weighted by molar-refractivity contribution is 7.92. The van der Waals surface area contributed by atoms with Crippen LogP contribution in [0.3, 0.4) is 0 Å². The lowest BCUT2D eigenvalue weighted by Crippen LogP contribution is -2.30. The maximum absolute atomic E-state index is 11.9. The van der Waals surface area contributed by atoms with E-state index in [2.05, 4.69) is 15.0 Å². The Labute approximate surface area is 186 Å². The highest BCUT2D eigenvalue weighted by atomic mass is 32.2. The summed E-state index contributed by atoms with van der Waals surface area (Å²) in [5.74, 6) is 0.420. The highest BCUT2D eigenvalue weighted by Gasteiger charge is 2.42. The SMILES string of the molecule is COc1ccc(N2C(=S)N[C@H](c3ccccn3)[C@@H]2c2cccn2C)cc1NS(C)(=O)=O. The Kier molecular flexibility index (Phi) is 5.59. The number of sulfonamides is 1. The van der Waals surface area contributed by atoms with Crippen molar-refractivity contribution in [2.75, 3.05) is 23.0 Å². The lowest BCUT2D eigenvalue weighted by molar-refractivity contribution is 0.417. The number of hydrogen-bond acceptors (Lipinski definition) is 5. The van der Waals surface area contributed by atoms with Crippen molar-refractivity contribution in [3.8, 4) is 5.75 Å². The Morgan fingerprint density at radius 1 is 1.19 bits per heavy atom. The number of ether oxygens (including phenoxy) is 1. The maximum atomic E-state index is 11.9. The van der Waals surface area contributed by atoms with Crippen LogP contribution >= 0.6 is 12.2 Å². The van der Waals surface area contributed by atoms with Crippen molar-refractivity contribution in [2.24, 2.45) is 7.05 Å². The largest absolute Gasteiger partial charge is 0.495 e. The van der Waals surface area contributed by atoms with Gasteiger partial charge in [-0.3, -0.25) is 9.71 Å². The van der Waals surface area contributed by atoms with Crippen LogP contribution in [0.1, 0.15) is 23.5 Å². The topological polar surface area (TPSA) is 88.5 Å². The van der Waals surface area contributed by atoms with Crippen LogP contribution in [-0.4, -0.2) is 36.4 Å². The first-order valence-corrected chi connectivity index (χ1v) is 11.9. The number of aromatic nitrogens is 2. The molecule has 0 saturated carbocycles. The van der Waals surface area contributed by atoms with Crippen LogP contribution in [0, 0.1) is 0 Å². The molecule has 0 amide bonds. The number of aryl methyl sites for hydroxylation is 1. The standard InChI is InChI=1S/C21H23N5O3S2/c1-25-12-6-8-17(25)20-19(15-7-4-5-11-22-15)23-21(30)26(20)14-9-10-18(29-2)16(13-14)24-31(3,27)28/h4-13,19-20,24H,1-3H3,(H,23,30)/t19-,20+/m1/s1. The monoisotopic (exact) mass is 457 g/mol. The summed E-state index contributed by atoms with van der Waals surface area (Å²) in [6.45, 7) is 0. The van der Waals surface area contributed by atoms with Crippen molar-refractivity contribution in [3.63, 3.8) is 0 Å².